The number of nitrogens with one attached hydrogen (secondary N) is 2. The second-order valence-corrected chi connectivity index (χ2v) is 25.3. The Morgan fingerprint density at radius 1 is 0.447 bits per heavy atom. The quantitative estimate of drug-likeness (QED) is 0.0531. The number of nitrogens with zero attached hydrogens (tertiary/aromatic N) is 3. The van der Waals surface area contributed by atoms with Crippen molar-refractivity contribution in [1.29, 1.82) is 0 Å². The van der Waals surface area contributed by atoms with E-state index in [1.165, 1.54) is 0 Å². The van der Waals surface area contributed by atoms with Gasteiger partial charge in [0.05, 0.1) is 55.1 Å². The van der Waals surface area contributed by atoms with E-state index < -0.39 is 30.4 Å². The van der Waals surface area contributed by atoms with Crippen LogP contribution in [-0.2, 0) is 34.0 Å². The number of rotatable bonds is 11. The van der Waals surface area contributed by atoms with Gasteiger partial charge in [0.1, 0.15) is 19.8 Å². The van der Waals surface area contributed by atoms with E-state index in [4.69, 9.17) is 72.2 Å². The molecule has 9 atom stereocenters. The van der Waals surface area contributed by atoms with Crippen molar-refractivity contribution in [3.05, 3.63) is 294 Å². The molecule has 5 heterocycles. The van der Waals surface area contributed by atoms with Crippen LogP contribution in [0.25, 0.3) is 0 Å². The van der Waals surface area contributed by atoms with Crippen molar-refractivity contribution in [3.63, 3.8) is 0 Å². The van der Waals surface area contributed by atoms with Crippen LogP contribution in [0.3, 0.4) is 0 Å². The van der Waals surface area contributed by atoms with Gasteiger partial charge in [-0.2, -0.15) is 0 Å². The van der Waals surface area contributed by atoms with Gasteiger partial charge in [-0.3, -0.25) is 14.7 Å². The molecule has 4 saturated heterocycles. The maximum absolute atomic E-state index is 12.4. The lowest BCUT2D eigenvalue weighted by molar-refractivity contribution is 0.0714. The third-order valence-corrected chi connectivity index (χ3v) is 17.5. The molecule has 492 valence electrons. The molecule has 8 aromatic carbocycles. The van der Waals surface area contributed by atoms with Gasteiger partial charge in [-0.1, -0.05) is 222 Å². The summed E-state index contributed by atoms with van der Waals surface area (Å²) >= 11 is 29.8. The Hall–Kier alpha value is -7.48. The highest BCUT2D eigenvalue weighted by atomic mass is 35.5. The molecule has 0 saturated carbocycles. The van der Waals surface area contributed by atoms with Crippen LogP contribution in [0.2, 0.25) is 25.1 Å². The van der Waals surface area contributed by atoms with E-state index in [-0.39, 0.29) is 68.8 Å². The zero-order valence-electron chi connectivity index (χ0n) is 51.5. The van der Waals surface area contributed by atoms with Crippen LogP contribution in [0, 0.1) is 0 Å². The number of β-amino-alcohol motifs (C(OH)–C–C–N with tert-alkyl or cyclic N) is 2. The lowest BCUT2D eigenvalue weighted by atomic mass is 10.0. The molecule has 3 amide bonds. The molecule has 0 aromatic heterocycles. The lowest BCUT2D eigenvalue weighted by Gasteiger charge is -2.26. The van der Waals surface area contributed by atoms with Crippen LogP contribution in [0.5, 0.6) is 0 Å². The van der Waals surface area contributed by atoms with Gasteiger partial charge in [-0.15, -0.1) is 0 Å². The molecule has 5 aliphatic heterocycles. The summed E-state index contributed by atoms with van der Waals surface area (Å²) in [6.07, 6.45) is 3.74. The van der Waals surface area contributed by atoms with Crippen LogP contribution in [-0.4, -0.2) is 111 Å². The fourth-order valence-corrected chi connectivity index (χ4v) is 12.6. The Morgan fingerprint density at radius 2 is 0.894 bits per heavy atom. The predicted octanol–water partition coefficient (Wildman–Crippen LogP) is 15.6. The number of carbonyl (C=O) groups excluding carboxylic acids is 3. The largest absolute Gasteiger partial charge is 0.445 e. The minimum atomic E-state index is -0.613. The maximum Gasteiger partial charge on any atom is 0.411 e. The molecule has 15 nitrogen and oxygen atoms in total. The van der Waals surface area contributed by atoms with Crippen LogP contribution >= 0.6 is 58.0 Å². The summed E-state index contributed by atoms with van der Waals surface area (Å²) in [6.45, 7) is 3.54. The summed E-state index contributed by atoms with van der Waals surface area (Å²) < 4.78 is 16.2. The number of hydrogen-bond acceptors (Lipinski definition) is 12. The van der Waals surface area contributed by atoms with E-state index in [0.29, 0.717) is 47.5 Å². The van der Waals surface area contributed by atoms with Crippen molar-refractivity contribution in [3.8, 4) is 0 Å². The topological polar surface area (TPSA) is 194 Å². The molecule has 5 aliphatic rings. The lowest BCUT2D eigenvalue weighted by Crippen LogP contribution is -2.33. The number of aliphatic hydroxyl groups excluding tert-OH is 4. The Balaban J connectivity index is 0.000000141. The van der Waals surface area contributed by atoms with Crippen molar-refractivity contribution in [2.45, 2.75) is 100 Å². The standard InChI is InChI=1S/2C18H18ClNO3.C18H16ClNO2.2C10H12ClNO/c19-15-8-4-7-14(9-15)17-10-16(21)11-20(17)18(22)23-12-13-5-2-1-3-6-13;19-15-8-4-7-14(11-15)17-16(21)9-10-20(17)18(22)23-12-13-5-2-1-3-6-13;19-16-9-4-8-15(12-16)17-10-5-11-20(17)18(21)22-13-14-6-2-1-3-7-14;11-8-3-1-2-7(4-8)10-5-9(13)6-12-10;11-8-3-1-2-7(6-8)10-9(13)4-5-12-10/h1-9,16-17,21H,10-12H2;1-8,11,16-17,21H,9-10,12H2;1-10,12,17H,11,13H2;1-4,9-10,12-13H,5-6H2;1-3,6,9-10,12-13H,4-5H2/t2*16-,17?;;2*9-,10?/m10.10/s1. The fraction of sp³-hybridized carbons (Fsp3) is 0.284. The van der Waals surface area contributed by atoms with E-state index in [1.807, 2.05) is 206 Å². The summed E-state index contributed by atoms with van der Waals surface area (Å²) in [5, 5.41) is 49.0. The van der Waals surface area contributed by atoms with Crippen molar-refractivity contribution in [2.75, 3.05) is 32.7 Å². The van der Waals surface area contributed by atoms with Gasteiger partial charge in [0, 0.05) is 50.8 Å². The Morgan fingerprint density at radius 3 is 1.39 bits per heavy atom. The number of likely N-dealkylation sites (tertiary alicyclic amines) is 2. The molecular formula is C74H76Cl5N5O10. The second kappa shape index (κ2) is 35.9. The number of halogens is 5. The van der Waals surface area contributed by atoms with Crippen LogP contribution in [0.4, 0.5) is 14.4 Å². The third-order valence-electron chi connectivity index (χ3n) is 16.3. The molecule has 6 N–H and O–H groups in total. The molecule has 20 heteroatoms. The molecule has 8 aromatic rings. The van der Waals surface area contributed by atoms with E-state index in [1.54, 1.807) is 32.9 Å². The van der Waals surface area contributed by atoms with Crippen LogP contribution in [0.1, 0.15) is 100 Å². The summed E-state index contributed by atoms with van der Waals surface area (Å²) in [7, 11) is 0. The van der Waals surface area contributed by atoms with Crippen molar-refractivity contribution >= 4 is 76.3 Å². The Bertz CT molecular complexity index is 3680. The van der Waals surface area contributed by atoms with Crippen molar-refractivity contribution in [2.24, 2.45) is 0 Å². The van der Waals surface area contributed by atoms with Gasteiger partial charge in [-0.05, 0) is 137 Å². The minimum absolute atomic E-state index is 0.0544. The van der Waals surface area contributed by atoms with Gasteiger partial charge < -0.3 is 45.3 Å². The van der Waals surface area contributed by atoms with E-state index in [9.17, 15) is 34.8 Å². The van der Waals surface area contributed by atoms with Crippen LogP contribution in [0.15, 0.2) is 224 Å². The highest BCUT2D eigenvalue weighted by Gasteiger charge is 2.39. The monoisotopic (exact) mass is 1370 g/mol. The average molecular weight is 1370 g/mol. The van der Waals surface area contributed by atoms with Crippen LogP contribution < -0.4 is 10.6 Å². The Labute approximate surface area is 574 Å². The first-order valence-corrected chi connectivity index (χ1v) is 33.0. The zero-order valence-corrected chi connectivity index (χ0v) is 55.3. The molecule has 0 radical (unpaired) electrons. The van der Waals surface area contributed by atoms with Crippen molar-refractivity contribution < 1.29 is 49.0 Å². The van der Waals surface area contributed by atoms with Crippen molar-refractivity contribution in [1.82, 2.24) is 25.3 Å². The van der Waals surface area contributed by atoms with Gasteiger partial charge in [0.15, 0.2) is 0 Å². The zero-order chi connectivity index (χ0) is 66.3. The molecule has 13 rings (SSSR count). The molecule has 94 heavy (non-hydrogen) atoms. The first-order valence-electron chi connectivity index (χ1n) is 31.1. The van der Waals surface area contributed by atoms with E-state index in [0.717, 1.165) is 73.9 Å². The van der Waals surface area contributed by atoms with E-state index in [2.05, 4.69) is 10.6 Å². The number of amides is 3. The van der Waals surface area contributed by atoms with Gasteiger partial charge in [0.2, 0.25) is 0 Å². The van der Waals surface area contributed by atoms with Gasteiger partial charge >= 0.3 is 18.3 Å². The summed E-state index contributed by atoms with van der Waals surface area (Å²) in [4.78, 5) is 41.9. The summed E-state index contributed by atoms with van der Waals surface area (Å²) in [5.74, 6) is 0. The molecule has 0 spiro atoms. The first kappa shape index (κ1) is 70.8. The number of carbonyl (C=O) groups is 3. The minimum Gasteiger partial charge on any atom is -0.445 e. The highest BCUT2D eigenvalue weighted by molar-refractivity contribution is 6.31. The smallest absolute Gasteiger partial charge is 0.411 e. The normalized spacial score (nSPS) is 21.7. The molecule has 5 unspecified atom stereocenters. The summed E-state index contributed by atoms with van der Waals surface area (Å²) in [5.41, 5.74) is 7.77. The van der Waals surface area contributed by atoms with Gasteiger partial charge in [-0.25, -0.2) is 14.4 Å². The van der Waals surface area contributed by atoms with E-state index >= 15 is 0 Å². The average Bonchev–Trinajstić information content (AvgIpc) is 1.73. The molecular weight excluding hydrogens is 1300 g/mol. The number of benzene rings is 8. The van der Waals surface area contributed by atoms with Gasteiger partial charge in [0.25, 0.3) is 0 Å². The highest BCUT2D eigenvalue weighted by Crippen LogP contribution is 2.36. The number of hydrogen-bond donors (Lipinski definition) is 6. The first-order chi connectivity index (χ1) is 45.5. The second-order valence-electron chi connectivity index (χ2n) is 23.1. The number of aliphatic hydroxyl groups is 4. The SMILES string of the molecule is O=C(OCc1ccccc1)N1CC=CC1c1cccc(Cl)c1.O=C(OCc1ccccc1)N1CC[C@H](O)C1c1cccc(Cl)c1.O=C(OCc1ccccc1)N1C[C@H](O)CC1c1cccc(Cl)c1.O[C@H]1CCNC1c1cccc(Cl)c1.O[C@H]1CNC(c2cccc(Cl)c2)C1. The molecule has 0 bridgehead atoms. The summed E-state index contributed by atoms with van der Waals surface area (Å²) in [6, 6.07) is 65.8. The molecule has 4 fully saturated rings. The fourth-order valence-electron chi connectivity index (χ4n) is 11.6. The molecule has 0 aliphatic carbocycles. The third kappa shape index (κ3) is 21.0. The predicted molar refractivity (Wildman–Crippen MR) is 369 cm³/mol. The number of ether oxygens (including phenoxy) is 3. The Kier molecular flexibility index (Phi) is 27.0. The maximum atomic E-state index is 12.4.